The summed E-state index contributed by atoms with van der Waals surface area (Å²) in [5, 5.41) is 9.87. The van der Waals surface area contributed by atoms with Gasteiger partial charge in [0.2, 0.25) is 0 Å². The first kappa shape index (κ1) is 17.3. The van der Waals surface area contributed by atoms with Gasteiger partial charge in [0.05, 0.1) is 12.7 Å². The number of aliphatic hydroxyl groups is 1. The second kappa shape index (κ2) is 9.24. The molecule has 1 atom stereocenters. The van der Waals surface area contributed by atoms with Gasteiger partial charge in [0, 0.05) is 26.7 Å². The van der Waals surface area contributed by atoms with Crippen LogP contribution in [0.3, 0.4) is 0 Å². The van der Waals surface area contributed by atoms with E-state index in [4.69, 9.17) is 4.74 Å². The molecule has 0 aromatic rings. The summed E-state index contributed by atoms with van der Waals surface area (Å²) in [6, 6.07) is 0. The molecule has 0 amide bonds. The maximum absolute atomic E-state index is 9.87. The van der Waals surface area contributed by atoms with E-state index >= 15 is 0 Å². The highest BCUT2D eigenvalue weighted by Gasteiger charge is 2.20. The van der Waals surface area contributed by atoms with Crippen LogP contribution in [0.1, 0.15) is 46.5 Å². The Kier molecular flexibility index (Phi) is 8.00. The van der Waals surface area contributed by atoms with Crippen molar-refractivity contribution in [2.75, 3.05) is 39.8 Å². The van der Waals surface area contributed by atoms with Crippen LogP contribution in [0, 0.1) is 0 Å². The number of ether oxygens (including phenoxy) is 1. The van der Waals surface area contributed by atoms with E-state index in [1.54, 1.807) is 0 Å². The molecule has 0 spiro atoms. The highest BCUT2D eigenvalue weighted by Crippen LogP contribution is 2.12. The van der Waals surface area contributed by atoms with Crippen LogP contribution in [-0.2, 0) is 4.74 Å². The fourth-order valence-electron chi connectivity index (χ4n) is 2.57. The van der Waals surface area contributed by atoms with Crippen LogP contribution in [0.5, 0.6) is 0 Å². The number of unbranched alkanes of at least 4 members (excludes halogenated alkanes) is 2. The van der Waals surface area contributed by atoms with Crippen LogP contribution >= 0.6 is 0 Å². The third kappa shape index (κ3) is 6.14. The van der Waals surface area contributed by atoms with Crippen LogP contribution in [0.2, 0.25) is 0 Å². The summed E-state index contributed by atoms with van der Waals surface area (Å²) in [5.74, 6) is 0.389. The Bertz CT molecular complexity index is 301. The summed E-state index contributed by atoms with van der Waals surface area (Å²) < 4.78 is 5.84. The topological polar surface area (TPSA) is 35.9 Å². The van der Waals surface area contributed by atoms with Gasteiger partial charge in [-0.3, -0.25) is 4.90 Å². The zero-order chi connectivity index (χ0) is 15.0. The monoisotopic (exact) mass is 284 g/mol. The van der Waals surface area contributed by atoms with Crippen LogP contribution < -0.4 is 0 Å². The van der Waals surface area contributed by atoms with E-state index in [9.17, 15) is 5.11 Å². The van der Waals surface area contributed by atoms with Crippen molar-refractivity contribution in [2.24, 2.45) is 0 Å². The van der Waals surface area contributed by atoms with Gasteiger partial charge < -0.3 is 14.7 Å². The lowest BCUT2D eigenvalue weighted by atomic mass is 10.1. The number of hydrogen-bond acceptors (Lipinski definition) is 4. The molecule has 4 nitrogen and oxygen atoms in total. The Morgan fingerprint density at radius 1 is 1.35 bits per heavy atom. The number of aliphatic hydroxyl groups excluding tert-OH is 1. The summed E-state index contributed by atoms with van der Waals surface area (Å²) in [6.45, 7) is 11.1. The fraction of sp³-hybridized carbons (Fsp3) is 0.875. The minimum atomic E-state index is 0.304. The largest absolute Gasteiger partial charge is 0.495 e. The van der Waals surface area contributed by atoms with E-state index in [1.165, 1.54) is 25.8 Å². The van der Waals surface area contributed by atoms with Crippen molar-refractivity contribution in [3.05, 3.63) is 11.5 Å². The summed E-state index contributed by atoms with van der Waals surface area (Å²) >= 11 is 0. The van der Waals surface area contributed by atoms with Gasteiger partial charge in [0.1, 0.15) is 0 Å². The van der Waals surface area contributed by atoms with Gasteiger partial charge in [-0.2, -0.15) is 0 Å². The van der Waals surface area contributed by atoms with Crippen LogP contribution in [0.25, 0.3) is 0 Å². The van der Waals surface area contributed by atoms with Crippen molar-refractivity contribution in [1.82, 2.24) is 9.80 Å². The van der Waals surface area contributed by atoms with Gasteiger partial charge in [-0.05, 0) is 38.8 Å². The Morgan fingerprint density at radius 3 is 2.75 bits per heavy atom. The number of rotatable bonds is 8. The Balaban J connectivity index is 2.28. The lowest BCUT2D eigenvalue weighted by Gasteiger charge is -2.33. The lowest BCUT2D eigenvalue weighted by molar-refractivity contribution is -0.0353. The molecule has 0 aromatic carbocycles. The second-order valence-electron chi connectivity index (χ2n) is 6.03. The quantitative estimate of drug-likeness (QED) is 0.549. The number of nitrogens with zero attached hydrogens (tertiary/aromatic N) is 2. The third-order valence-corrected chi connectivity index (χ3v) is 3.90. The van der Waals surface area contributed by atoms with E-state index in [0.717, 1.165) is 38.2 Å². The summed E-state index contributed by atoms with van der Waals surface area (Å²) in [5.41, 5.74) is 0.957. The molecule has 0 saturated carbocycles. The van der Waals surface area contributed by atoms with Gasteiger partial charge in [0.15, 0.2) is 5.88 Å². The fourth-order valence-corrected chi connectivity index (χ4v) is 2.57. The Hall–Kier alpha value is -0.740. The minimum absolute atomic E-state index is 0.304. The van der Waals surface area contributed by atoms with E-state index in [1.807, 2.05) is 25.8 Å². The first-order valence-corrected chi connectivity index (χ1v) is 7.96. The van der Waals surface area contributed by atoms with Crippen molar-refractivity contribution >= 4 is 0 Å². The average molecular weight is 284 g/mol. The molecule has 0 aromatic heterocycles. The van der Waals surface area contributed by atoms with Gasteiger partial charge in [0.25, 0.3) is 0 Å². The molecular formula is C16H32N2O2. The van der Waals surface area contributed by atoms with Crippen molar-refractivity contribution in [2.45, 2.75) is 52.6 Å². The van der Waals surface area contributed by atoms with Gasteiger partial charge in [-0.15, -0.1) is 0 Å². The Morgan fingerprint density at radius 2 is 2.10 bits per heavy atom. The molecule has 1 aliphatic rings. The highest BCUT2D eigenvalue weighted by molar-refractivity contribution is 4.99. The zero-order valence-electron chi connectivity index (χ0n) is 13.7. The van der Waals surface area contributed by atoms with E-state index in [0.29, 0.717) is 12.0 Å². The summed E-state index contributed by atoms with van der Waals surface area (Å²) in [7, 11) is 1.93. The predicted octanol–water partition coefficient (Wildman–Crippen LogP) is 3.01. The standard InChI is InChI=1S/C16H32N2O2/c1-5-6-7-9-18-11-12-20-15(13-18)8-10-17(4)16(19)14(2)3/h15,19H,5-13H2,1-4H3/t15-/m0/s1. The molecule has 4 heteroatoms. The van der Waals surface area contributed by atoms with Gasteiger partial charge in [-0.1, -0.05) is 19.8 Å². The lowest BCUT2D eigenvalue weighted by Crippen LogP contribution is -2.43. The second-order valence-corrected chi connectivity index (χ2v) is 6.03. The molecule has 1 saturated heterocycles. The van der Waals surface area contributed by atoms with Crippen molar-refractivity contribution in [3.8, 4) is 0 Å². The molecule has 1 N–H and O–H groups in total. The zero-order valence-corrected chi connectivity index (χ0v) is 13.7. The molecular weight excluding hydrogens is 252 g/mol. The van der Waals surface area contributed by atoms with Gasteiger partial charge in [-0.25, -0.2) is 0 Å². The molecule has 0 aliphatic carbocycles. The van der Waals surface area contributed by atoms with Crippen molar-refractivity contribution < 1.29 is 9.84 Å². The van der Waals surface area contributed by atoms with E-state index in [2.05, 4.69) is 11.8 Å². The molecule has 0 bridgehead atoms. The number of morpholine rings is 1. The molecule has 1 rings (SSSR count). The normalized spacial score (nSPS) is 19.9. The SMILES string of the molecule is CCCCCN1CCO[C@@H](CCN(C)C(O)=C(C)C)C1. The molecule has 20 heavy (non-hydrogen) atoms. The molecule has 118 valence electrons. The maximum atomic E-state index is 9.87. The molecule has 0 unspecified atom stereocenters. The smallest absolute Gasteiger partial charge is 0.185 e. The number of allylic oxidation sites excluding steroid dienone is 1. The minimum Gasteiger partial charge on any atom is -0.495 e. The highest BCUT2D eigenvalue weighted by atomic mass is 16.5. The van der Waals surface area contributed by atoms with E-state index < -0.39 is 0 Å². The molecule has 1 fully saturated rings. The van der Waals surface area contributed by atoms with Crippen LogP contribution in [0.4, 0.5) is 0 Å². The van der Waals surface area contributed by atoms with Crippen molar-refractivity contribution in [3.63, 3.8) is 0 Å². The Labute approximate surface area is 124 Å². The summed E-state index contributed by atoms with van der Waals surface area (Å²) in [4.78, 5) is 4.43. The average Bonchev–Trinajstić information content (AvgIpc) is 2.44. The molecule has 1 aliphatic heterocycles. The summed E-state index contributed by atoms with van der Waals surface area (Å²) in [6.07, 6.45) is 5.16. The van der Waals surface area contributed by atoms with Crippen LogP contribution in [-0.4, -0.2) is 60.8 Å². The van der Waals surface area contributed by atoms with Crippen LogP contribution in [0.15, 0.2) is 11.5 Å². The third-order valence-electron chi connectivity index (χ3n) is 3.90. The maximum Gasteiger partial charge on any atom is 0.185 e. The molecule has 0 radical (unpaired) electrons. The first-order valence-electron chi connectivity index (χ1n) is 7.96. The van der Waals surface area contributed by atoms with Crippen molar-refractivity contribution in [1.29, 1.82) is 0 Å². The van der Waals surface area contributed by atoms with E-state index in [-0.39, 0.29) is 0 Å². The predicted molar refractivity (Wildman–Crippen MR) is 84.0 cm³/mol. The molecule has 1 heterocycles. The first-order chi connectivity index (χ1) is 9.54. The van der Waals surface area contributed by atoms with Gasteiger partial charge >= 0.3 is 0 Å². The number of hydrogen-bond donors (Lipinski definition) is 1.